The Morgan fingerprint density at radius 2 is 1.81 bits per heavy atom. The number of nitrogens with zero attached hydrogens (tertiary/aromatic N) is 2. The van der Waals surface area contributed by atoms with Crippen molar-refractivity contribution in [1.29, 1.82) is 0 Å². The minimum absolute atomic E-state index is 0.109. The second kappa shape index (κ2) is 7.10. The Morgan fingerprint density at radius 3 is 2.77 bits per heavy atom. The van der Waals surface area contributed by atoms with Crippen LogP contribution in [0.5, 0.6) is 0 Å². The molecule has 0 fully saturated rings. The first-order chi connectivity index (χ1) is 15.3. The van der Waals surface area contributed by atoms with Crippen molar-refractivity contribution < 1.29 is 4.79 Å². The van der Waals surface area contributed by atoms with E-state index < -0.39 is 0 Å². The molecule has 31 heavy (non-hydrogen) atoms. The van der Waals surface area contributed by atoms with Crippen LogP contribution in [-0.4, -0.2) is 27.3 Å². The molecule has 6 rings (SSSR count). The van der Waals surface area contributed by atoms with Crippen molar-refractivity contribution in [2.45, 2.75) is 13.0 Å². The van der Waals surface area contributed by atoms with Crippen LogP contribution in [0.25, 0.3) is 32.9 Å². The Hall–Kier alpha value is -3.92. The number of carbonyl (C=O) groups excluding carboxylic acids is 1. The molecule has 5 aromatic rings. The monoisotopic (exact) mass is 403 g/mol. The summed E-state index contributed by atoms with van der Waals surface area (Å²) in [7, 11) is 0. The van der Waals surface area contributed by atoms with Gasteiger partial charge in [-0.1, -0.05) is 54.6 Å². The number of fused-ring (bicyclic) bond motifs is 3. The predicted octanol–water partition coefficient (Wildman–Crippen LogP) is 5.58. The molecule has 0 atom stereocenters. The predicted molar refractivity (Wildman–Crippen MR) is 124 cm³/mol. The number of amides is 1. The molecule has 1 amide bonds. The number of aromatic amines is 1. The van der Waals surface area contributed by atoms with E-state index in [9.17, 15) is 4.79 Å². The van der Waals surface area contributed by atoms with Crippen molar-refractivity contribution in [2.75, 3.05) is 6.54 Å². The third-order valence-corrected chi connectivity index (χ3v) is 6.17. The maximum atomic E-state index is 13.3. The van der Waals surface area contributed by atoms with E-state index in [1.807, 2.05) is 29.3 Å². The number of pyridine rings is 1. The van der Waals surface area contributed by atoms with E-state index >= 15 is 0 Å². The van der Waals surface area contributed by atoms with Crippen molar-refractivity contribution in [3.63, 3.8) is 0 Å². The number of nitrogens with one attached hydrogen (secondary N) is 1. The summed E-state index contributed by atoms with van der Waals surface area (Å²) in [4.78, 5) is 23.3. The van der Waals surface area contributed by atoms with Gasteiger partial charge in [-0.2, -0.15) is 0 Å². The first-order valence-corrected chi connectivity index (χ1v) is 10.6. The van der Waals surface area contributed by atoms with Crippen LogP contribution in [-0.2, 0) is 13.0 Å². The van der Waals surface area contributed by atoms with Crippen molar-refractivity contribution >= 4 is 27.7 Å². The highest BCUT2D eigenvalue weighted by molar-refractivity contribution is 6.05. The van der Waals surface area contributed by atoms with Gasteiger partial charge in [0.05, 0.1) is 11.1 Å². The smallest absolute Gasteiger partial charge is 0.255 e. The Balaban J connectivity index is 1.27. The van der Waals surface area contributed by atoms with E-state index in [0.29, 0.717) is 13.1 Å². The molecule has 0 saturated carbocycles. The largest absolute Gasteiger partial charge is 0.361 e. The van der Waals surface area contributed by atoms with Crippen LogP contribution in [0, 0.1) is 0 Å². The molecule has 0 spiro atoms. The first kappa shape index (κ1) is 17.9. The van der Waals surface area contributed by atoms with Crippen LogP contribution >= 0.6 is 0 Å². The van der Waals surface area contributed by atoms with Gasteiger partial charge in [-0.25, -0.2) is 0 Å². The third-order valence-electron chi connectivity index (χ3n) is 6.17. The number of para-hydroxylation sites is 1. The van der Waals surface area contributed by atoms with Gasteiger partial charge in [0.15, 0.2) is 0 Å². The lowest BCUT2D eigenvalue weighted by Crippen LogP contribution is -2.26. The Kier molecular flexibility index (Phi) is 4.10. The number of rotatable bonds is 4. The molecule has 2 aromatic heterocycles. The maximum Gasteiger partial charge on any atom is 0.255 e. The second-order valence-corrected chi connectivity index (χ2v) is 8.09. The van der Waals surface area contributed by atoms with Gasteiger partial charge < -0.3 is 9.88 Å². The number of aromatic nitrogens is 2. The van der Waals surface area contributed by atoms with Crippen molar-refractivity contribution in [3.05, 3.63) is 102 Å². The van der Waals surface area contributed by atoms with E-state index in [4.69, 9.17) is 4.98 Å². The lowest BCUT2D eigenvalue weighted by Gasteiger charge is -2.15. The summed E-state index contributed by atoms with van der Waals surface area (Å²) in [6, 6.07) is 26.8. The third kappa shape index (κ3) is 3.08. The van der Waals surface area contributed by atoms with Crippen LogP contribution in [0.1, 0.15) is 21.6 Å². The molecule has 0 radical (unpaired) electrons. The molecule has 0 bridgehead atoms. The normalized spacial score (nSPS) is 13.3. The van der Waals surface area contributed by atoms with Crippen LogP contribution < -0.4 is 0 Å². The Labute approximate surface area is 180 Å². The molecule has 0 unspecified atom stereocenters. The summed E-state index contributed by atoms with van der Waals surface area (Å²) in [5.41, 5.74) is 7.10. The highest BCUT2D eigenvalue weighted by Crippen LogP contribution is 2.34. The molecular formula is C27H21N3O. The molecule has 1 N–H and O–H groups in total. The standard InChI is InChI=1S/C27H21N3O/c31-27-26-21(5-3-6-23(26)20-9-8-19-12-14-28-25(19)16-20)17-30(27)15-13-22-11-10-18-4-1-2-7-24(18)29-22/h1-12,14,16,28H,13,15,17H2. The van der Waals surface area contributed by atoms with Gasteiger partial charge in [-0.15, -0.1) is 0 Å². The fourth-order valence-electron chi connectivity index (χ4n) is 4.55. The fraction of sp³-hybridized carbons (Fsp3) is 0.111. The summed E-state index contributed by atoms with van der Waals surface area (Å²) in [5.74, 6) is 0.109. The molecule has 3 aromatic carbocycles. The quantitative estimate of drug-likeness (QED) is 0.426. The van der Waals surface area contributed by atoms with Crippen LogP contribution in [0.4, 0.5) is 0 Å². The number of hydrogen-bond acceptors (Lipinski definition) is 2. The number of H-pyrrole nitrogens is 1. The summed E-state index contributed by atoms with van der Waals surface area (Å²) in [5, 5.41) is 2.31. The molecule has 0 saturated heterocycles. The average Bonchev–Trinajstić information content (AvgIpc) is 3.41. The van der Waals surface area contributed by atoms with Crippen LogP contribution in [0.15, 0.2) is 85.1 Å². The van der Waals surface area contributed by atoms with Crippen LogP contribution in [0.2, 0.25) is 0 Å². The highest BCUT2D eigenvalue weighted by atomic mass is 16.2. The zero-order valence-electron chi connectivity index (χ0n) is 17.0. The van der Waals surface area contributed by atoms with Gasteiger partial charge in [0, 0.05) is 42.3 Å². The van der Waals surface area contributed by atoms with E-state index in [2.05, 4.69) is 65.6 Å². The van der Waals surface area contributed by atoms with E-state index in [-0.39, 0.29) is 5.91 Å². The van der Waals surface area contributed by atoms with Gasteiger partial charge >= 0.3 is 0 Å². The lowest BCUT2D eigenvalue weighted by molar-refractivity contribution is 0.0780. The Bertz CT molecular complexity index is 1450. The van der Waals surface area contributed by atoms with Gasteiger partial charge in [-0.05, 0) is 46.3 Å². The van der Waals surface area contributed by atoms with Gasteiger partial charge in [0.25, 0.3) is 5.91 Å². The molecule has 4 nitrogen and oxygen atoms in total. The van der Waals surface area contributed by atoms with Gasteiger partial charge in [0.1, 0.15) is 0 Å². The first-order valence-electron chi connectivity index (χ1n) is 10.6. The van der Waals surface area contributed by atoms with Crippen molar-refractivity contribution in [3.8, 4) is 11.1 Å². The summed E-state index contributed by atoms with van der Waals surface area (Å²) in [6.07, 6.45) is 2.69. The maximum absolute atomic E-state index is 13.3. The van der Waals surface area contributed by atoms with E-state index in [1.54, 1.807) is 0 Å². The molecular weight excluding hydrogens is 382 g/mol. The summed E-state index contributed by atoms with van der Waals surface area (Å²) < 4.78 is 0. The summed E-state index contributed by atoms with van der Waals surface area (Å²) >= 11 is 0. The van der Waals surface area contributed by atoms with Crippen molar-refractivity contribution in [2.24, 2.45) is 0 Å². The molecule has 150 valence electrons. The molecule has 4 heteroatoms. The van der Waals surface area contributed by atoms with E-state index in [0.717, 1.165) is 50.8 Å². The number of benzene rings is 3. The Morgan fingerprint density at radius 1 is 0.903 bits per heavy atom. The molecule has 0 aliphatic carbocycles. The zero-order chi connectivity index (χ0) is 20.8. The van der Waals surface area contributed by atoms with E-state index in [1.165, 1.54) is 5.39 Å². The van der Waals surface area contributed by atoms with Crippen LogP contribution in [0.3, 0.4) is 0 Å². The SMILES string of the molecule is O=C1c2c(cccc2-c2ccc3cc[nH]c3c2)CN1CCc1ccc2ccccc2n1. The lowest BCUT2D eigenvalue weighted by atomic mass is 9.96. The number of carbonyl (C=O) groups is 1. The minimum atomic E-state index is 0.109. The fourth-order valence-corrected chi connectivity index (χ4v) is 4.55. The van der Waals surface area contributed by atoms with Crippen molar-refractivity contribution in [1.82, 2.24) is 14.9 Å². The average molecular weight is 403 g/mol. The minimum Gasteiger partial charge on any atom is -0.361 e. The second-order valence-electron chi connectivity index (χ2n) is 8.09. The molecule has 3 heterocycles. The molecule has 1 aliphatic rings. The van der Waals surface area contributed by atoms with Gasteiger partial charge in [0.2, 0.25) is 0 Å². The topological polar surface area (TPSA) is 49.0 Å². The summed E-state index contributed by atoms with van der Waals surface area (Å²) in [6.45, 7) is 1.31. The highest BCUT2D eigenvalue weighted by Gasteiger charge is 2.30. The molecule has 1 aliphatic heterocycles. The van der Waals surface area contributed by atoms with Gasteiger partial charge in [-0.3, -0.25) is 9.78 Å². The zero-order valence-corrected chi connectivity index (χ0v) is 17.0. The number of hydrogen-bond donors (Lipinski definition) is 1.